The van der Waals surface area contributed by atoms with Crippen molar-refractivity contribution in [3.63, 3.8) is 0 Å². The summed E-state index contributed by atoms with van der Waals surface area (Å²) >= 11 is 0. The summed E-state index contributed by atoms with van der Waals surface area (Å²) in [5, 5.41) is 0. The second-order valence-corrected chi connectivity index (χ2v) is 12.1. The van der Waals surface area contributed by atoms with Gasteiger partial charge < -0.3 is 9.47 Å². The maximum absolute atomic E-state index is 12.7. The predicted molar refractivity (Wildman–Crippen MR) is 123 cm³/mol. The summed E-state index contributed by atoms with van der Waals surface area (Å²) in [6.45, 7) is 18.7. The number of esters is 2. The van der Waals surface area contributed by atoms with Crippen LogP contribution in [0.1, 0.15) is 107 Å². The average molecular weight is 425 g/mol. The highest BCUT2D eigenvalue weighted by Crippen LogP contribution is 2.33. The van der Waals surface area contributed by atoms with E-state index in [0.717, 1.165) is 51.4 Å². The first-order valence-corrected chi connectivity index (χ1v) is 12.1. The van der Waals surface area contributed by atoms with E-state index < -0.39 is 0 Å². The van der Waals surface area contributed by atoms with Crippen LogP contribution in [0.4, 0.5) is 0 Å². The number of hydrogen-bond donors (Lipinski definition) is 0. The molecule has 1 aliphatic carbocycles. The van der Waals surface area contributed by atoms with Gasteiger partial charge in [-0.2, -0.15) is 0 Å². The normalized spacial score (nSPS) is 22.3. The molecule has 0 aliphatic heterocycles. The summed E-state index contributed by atoms with van der Waals surface area (Å²) in [5.74, 6) is -0.0613. The molecule has 0 radical (unpaired) electrons. The summed E-state index contributed by atoms with van der Waals surface area (Å²) in [4.78, 5) is 25.4. The molecule has 1 rings (SSSR count). The molecule has 176 valence electrons. The minimum atomic E-state index is -0.337. The van der Waals surface area contributed by atoms with Crippen LogP contribution >= 0.6 is 0 Å². The predicted octanol–water partition coefficient (Wildman–Crippen LogP) is 6.80. The number of ether oxygens (including phenoxy) is 2. The van der Waals surface area contributed by atoms with Crippen molar-refractivity contribution in [1.82, 2.24) is 0 Å². The Morgan fingerprint density at radius 3 is 1.37 bits per heavy atom. The second kappa shape index (κ2) is 12.1. The monoisotopic (exact) mass is 424 g/mol. The van der Waals surface area contributed by atoms with Gasteiger partial charge in [0.2, 0.25) is 0 Å². The van der Waals surface area contributed by atoms with Gasteiger partial charge >= 0.3 is 11.9 Å². The topological polar surface area (TPSA) is 52.6 Å². The van der Waals surface area contributed by atoms with Crippen molar-refractivity contribution in [2.24, 2.45) is 34.5 Å². The van der Waals surface area contributed by atoms with Gasteiger partial charge in [0.1, 0.15) is 0 Å². The molecule has 0 spiro atoms. The maximum atomic E-state index is 12.7. The van der Waals surface area contributed by atoms with Gasteiger partial charge in [0, 0.05) is 0 Å². The molecule has 0 bridgehead atoms. The fourth-order valence-electron chi connectivity index (χ4n) is 4.93. The van der Waals surface area contributed by atoms with Gasteiger partial charge in [-0.05, 0) is 61.2 Å². The molecule has 0 heterocycles. The Hall–Kier alpha value is -1.06. The molecule has 0 N–H and O–H groups in total. The Balaban J connectivity index is 2.45. The van der Waals surface area contributed by atoms with Crippen LogP contribution in [0.5, 0.6) is 0 Å². The van der Waals surface area contributed by atoms with Crippen molar-refractivity contribution < 1.29 is 19.1 Å². The fraction of sp³-hybridized carbons (Fsp3) is 0.923. The highest BCUT2D eigenvalue weighted by atomic mass is 16.5. The van der Waals surface area contributed by atoms with Crippen LogP contribution in [-0.2, 0) is 19.1 Å². The van der Waals surface area contributed by atoms with Gasteiger partial charge in [-0.25, -0.2) is 0 Å². The molecule has 1 fully saturated rings. The molecule has 0 saturated heterocycles. The number of rotatable bonds is 10. The average Bonchev–Trinajstić information content (AvgIpc) is 2.58. The summed E-state index contributed by atoms with van der Waals surface area (Å²) in [5.41, 5.74) is 0.568. The van der Waals surface area contributed by atoms with E-state index in [1.165, 1.54) is 0 Å². The molecule has 0 aromatic heterocycles. The first kappa shape index (κ1) is 27.0. The molecular formula is C26H48O4. The van der Waals surface area contributed by atoms with Crippen LogP contribution in [0.3, 0.4) is 0 Å². The van der Waals surface area contributed by atoms with Crippen molar-refractivity contribution in [3.8, 4) is 0 Å². The van der Waals surface area contributed by atoms with Crippen LogP contribution in [0.15, 0.2) is 0 Å². The molecule has 1 aliphatic rings. The van der Waals surface area contributed by atoms with E-state index in [1.807, 2.05) is 0 Å². The first-order valence-electron chi connectivity index (χ1n) is 12.1. The number of hydrogen-bond acceptors (Lipinski definition) is 4. The second-order valence-electron chi connectivity index (χ2n) is 12.1. The Labute approximate surface area is 185 Å². The maximum Gasteiger partial charge on any atom is 0.309 e. The third-order valence-corrected chi connectivity index (χ3v) is 6.00. The van der Waals surface area contributed by atoms with E-state index in [-0.39, 0.29) is 34.6 Å². The van der Waals surface area contributed by atoms with E-state index in [9.17, 15) is 9.59 Å². The van der Waals surface area contributed by atoms with Gasteiger partial charge in [-0.3, -0.25) is 9.59 Å². The zero-order valence-corrected chi connectivity index (χ0v) is 21.0. The molecule has 4 atom stereocenters. The lowest BCUT2D eigenvalue weighted by Crippen LogP contribution is -2.35. The van der Waals surface area contributed by atoms with Crippen LogP contribution in [0.25, 0.3) is 0 Å². The highest BCUT2D eigenvalue weighted by molar-refractivity contribution is 5.82. The quantitative estimate of drug-likeness (QED) is 0.362. The lowest BCUT2D eigenvalue weighted by Gasteiger charge is -2.29. The van der Waals surface area contributed by atoms with Gasteiger partial charge in [0.15, 0.2) is 0 Å². The Morgan fingerprint density at radius 1 is 0.733 bits per heavy atom. The van der Waals surface area contributed by atoms with E-state index in [2.05, 4.69) is 55.4 Å². The van der Waals surface area contributed by atoms with Crippen molar-refractivity contribution in [2.75, 3.05) is 13.2 Å². The Morgan fingerprint density at radius 2 is 1.07 bits per heavy atom. The SMILES string of the molecule is CC(CCOC(=O)C1CCCCC1C(=O)OCCC(C)CC(C)(C)C)CC(C)(C)C. The molecule has 1 saturated carbocycles. The zero-order valence-electron chi connectivity index (χ0n) is 21.0. The van der Waals surface area contributed by atoms with Crippen molar-refractivity contribution in [1.29, 1.82) is 0 Å². The van der Waals surface area contributed by atoms with Crippen molar-refractivity contribution in [3.05, 3.63) is 0 Å². The minimum absolute atomic E-state index is 0.208. The van der Waals surface area contributed by atoms with Crippen molar-refractivity contribution in [2.45, 2.75) is 107 Å². The van der Waals surface area contributed by atoms with Crippen molar-refractivity contribution >= 4 is 11.9 Å². The molecular weight excluding hydrogens is 376 g/mol. The lowest BCUT2D eigenvalue weighted by atomic mass is 9.79. The lowest BCUT2D eigenvalue weighted by molar-refractivity contribution is -0.163. The standard InChI is InChI=1S/C26H48O4/c1-19(17-25(3,4)5)13-15-29-23(27)21-11-9-10-12-22(21)24(28)30-16-14-20(2)18-26(6,7)8/h19-22H,9-18H2,1-8H3. The summed E-state index contributed by atoms with van der Waals surface area (Å²) in [6.07, 6.45) is 7.38. The third-order valence-electron chi connectivity index (χ3n) is 6.00. The minimum Gasteiger partial charge on any atom is -0.465 e. The third kappa shape index (κ3) is 11.4. The van der Waals surface area contributed by atoms with Crippen LogP contribution in [0.2, 0.25) is 0 Å². The molecule has 4 nitrogen and oxygen atoms in total. The van der Waals surface area contributed by atoms with Gasteiger partial charge in [-0.15, -0.1) is 0 Å². The molecule has 4 heteroatoms. The summed E-state index contributed by atoms with van der Waals surface area (Å²) in [7, 11) is 0. The van der Waals surface area contributed by atoms with E-state index >= 15 is 0 Å². The fourth-order valence-corrected chi connectivity index (χ4v) is 4.93. The van der Waals surface area contributed by atoms with E-state index in [0.29, 0.717) is 25.0 Å². The molecule has 4 unspecified atom stereocenters. The van der Waals surface area contributed by atoms with Gasteiger partial charge in [0.05, 0.1) is 25.0 Å². The largest absolute Gasteiger partial charge is 0.465 e. The van der Waals surface area contributed by atoms with Crippen LogP contribution < -0.4 is 0 Å². The Bertz CT molecular complexity index is 478. The van der Waals surface area contributed by atoms with E-state index in [1.54, 1.807) is 0 Å². The Kier molecular flexibility index (Phi) is 10.9. The molecule has 30 heavy (non-hydrogen) atoms. The van der Waals surface area contributed by atoms with Gasteiger partial charge in [-0.1, -0.05) is 68.2 Å². The van der Waals surface area contributed by atoms with Crippen LogP contribution in [-0.4, -0.2) is 25.2 Å². The number of carbonyl (C=O) groups excluding carboxylic acids is 2. The molecule has 0 aromatic carbocycles. The van der Waals surface area contributed by atoms with Gasteiger partial charge in [0.25, 0.3) is 0 Å². The first-order chi connectivity index (χ1) is 13.8. The zero-order chi connectivity index (χ0) is 22.9. The molecule has 0 amide bonds. The van der Waals surface area contributed by atoms with Crippen LogP contribution in [0, 0.1) is 34.5 Å². The summed E-state index contributed by atoms with van der Waals surface area (Å²) < 4.78 is 11.2. The van der Waals surface area contributed by atoms with E-state index in [4.69, 9.17) is 9.47 Å². The number of carbonyl (C=O) groups is 2. The molecule has 0 aromatic rings. The smallest absolute Gasteiger partial charge is 0.309 e. The summed E-state index contributed by atoms with van der Waals surface area (Å²) in [6, 6.07) is 0. The highest BCUT2D eigenvalue weighted by Gasteiger charge is 2.38.